The van der Waals surface area contributed by atoms with Crippen molar-refractivity contribution in [2.24, 2.45) is 0 Å². The average molecular weight is 574 g/mol. The van der Waals surface area contributed by atoms with Crippen LogP contribution in [-0.4, -0.2) is 34.5 Å². The molecule has 40 heavy (non-hydrogen) atoms. The molecule has 0 amide bonds. The highest BCUT2D eigenvalue weighted by atomic mass is 35.5. The lowest BCUT2D eigenvalue weighted by atomic mass is 10.1. The number of hydrogen-bond donors (Lipinski definition) is 2. The highest BCUT2D eigenvalue weighted by molar-refractivity contribution is 6.35. The standard InChI is InChI=1S/C31H25Cl2N3O4/c1-19(34-12-11-31(37)38)20-4-8-27(9-5-20)40-30-18-29(23-13-24(32)17-25(33)14-23)35-36(30)26-7-3-22-16-28(39-2)10-6-21(22)15-26/h3-10,13-18,34H,1,11-12H2,2H3,(H,37,38). The number of fused-ring (bicyclic) bond motifs is 1. The summed E-state index contributed by atoms with van der Waals surface area (Å²) in [5.41, 5.74) is 3.66. The molecule has 0 spiro atoms. The fourth-order valence-corrected chi connectivity index (χ4v) is 4.73. The minimum Gasteiger partial charge on any atom is -0.497 e. The molecule has 0 radical (unpaired) electrons. The van der Waals surface area contributed by atoms with E-state index in [1.54, 1.807) is 30.0 Å². The Bertz CT molecular complexity index is 1690. The van der Waals surface area contributed by atoms with Crippen LogP contribution in [0.5, 0.6) is 17.4 Å². The lowest BCUT2D eigenvalue weighted by molar-refractivity contribution is -0.136. The number of aliphatic carboxylic acids is 1. The van der Waals surface area contributed by atoms with Crippen molar-refractivity contribution < 1.29 is 19.4 Å². The van der Waals surface area contributed by atoms with E-state index in [0.29, 0.717) is 39.6 Å². The maximum Gasteiger partial charge on any atom is 0.305 e. The van der Waals surface area contributed by atoms with Crippen LogP contribution in [0.3, 0.4) is 0 Å². The van der Waals surface area contributed by atoms with Crippen LogP contribution in [0.25, 0.3) is 33.4 Å². The molecule has 5 aromatic rings. The van der Waals surface area contributed by atoms with Crippen LogP contribution in [0, 0.1) is 0 Å². The average Bonchev–Trinajstić information content (AvgIpc) is 3.36. The molecule has 1 aromatic heterocycles. The number of aromatic nitrogens is 2. The van der Waals surface area contributed by atoms with Crippen LogP contribution < -0.4 is 14.8 Å². The van der Waals surface area contributed by atoms with Crippen LogP contribution in [-0.2, 0) is 4.79 Å². The van der Waals surface area contributed by atoms with E-state index in [1.807, 2.05) is 66.7 Å². The molecule has 1 heterocycles. The summed E-state index contributed by atoms with van der Waals surface area (Å²) in [6, 6.07) is 26.3. The smallest absolute Gasteiger partial charge is 0.305 e. The summed E-state index contributed by atoms with van der Waals surface area (Å²) >= 11 is 12.5. The van der Waals surface area contributed by atoms with Gasteiger partial charge < -0.3 is 19.9 Å². The second kappa shape index (κ2) is 11.7. The summed E-state index contributed by atoms with van der Waals surface area (Å²) in [6.45, 7) is 4.28. The predicted octanol–water partition coefficient (Wildman–Crippen LogP) is 7.84. The Morgan fingerprint density at radius 1 is 0.925 bits per heavy atom. The van der Waals surface area contributed by atoms with Gasteiger partial charge in [0.2, 0.25) is 5.88 Å². The van der Waals surface area contributed by atoms with Gasteiger partial charge in [0, 0.05) is 33.9 Å². The monoisotopic (exact) mass is 573 g/mol. The Morgan fingerprint density at radius 3 is 2.30 bits per heavy atom. The molecule has 202 valence electrons. The van der Waals surface area contributed by atoms with Gasteiger partial charge in [-0.15, -0.1) is 0 Å². The number of carboxylic acid groups (broad SMARTS) is 1. The molecule has 4 aromatic carbocycles. The summed E-state index contributed by atoms with van der Waals surface area (Å²) in [7, 11) is 1.64. The first-order valence-corrected chi connectivity index (χ1v) is 13.1. The molecule has 2 N–H and O–H groups in total. The topological polar surface area (TPSA) is 85.6 Å². The van der Waals surface area contributed by atoms with E-state index in [0.717, 1.165) is 33.3 Å². The summed E-state index contributed by atoms with van der Waals surface area (Å²) in [5, 5.41) is 19.8. The van der Waals surface area contributed by atoms with Gasteiger partial charge in [-0.3, -0.25) is 4.79 Å². The molecule has 7 nitrogen and oxygen atoms in total. The second-order valence-corrected chi connectivity index (χ2v) is 9.88. The minimum absolute atomic E-state index is 0.00664. The number of ether oxygens (including phenoxy) is 2. The van der Waals surface area contributed by atoms with Crippen molar-refractivity contribution in [3.8, 4) is 34.3 Å². The quantitative estimate of drug-likeness (QED) is 0.177. The first-order valence-electron chi connectivity index (χ1n) is 12.4. The van der Waals surface area contributed by atoms with Gasteiger partial charge in [0.15, 0.2) is 0 Å². The van der Waals surface area contributed by atoms with Gasteiger partial charge in [0.1, 0.15) is 11.5 Å². The Morgan fingerprint density at radius 2 is 1.60 bits per heavy atom. The number of benzene rings is 4. The first kappa shape index (κ1) is 27.1. The number of rotatable bonds is 10. The van der Waals surface area contributed by atoms with Crippen LogP contribution in [0.2, 0.25) is 10.0 Å². The van der Waals surface area contributed by atoms with Crippen molar-refractivity contribution in [1.29, 1.82) is 0 Å². The van der Waals surface area contributed by atoms with Crippen molar-refractivity contribution in [3.05, 3.63) is 107 Å². The molecule has 0 fully saturated rings. The molecular formula is C31H25Cl2N3O4. The zero-order chi connectivity index (χ0) is 28.2. The maximum absolute atomic E-state index is 10.8. The van der Waals surface area contributed by atoms with Crippen molar-refractivity contribution in [2.45, 2.75) is 6.42 Å². The van der Waals surface area contributed by atoms with Gasteiger partial charge >= 0.3 is 5.97 Å². The molecule has 0 atom stereocenters. The van der Waals surface area contributed by atoms with E-state index in [4.69, 9.17) is 42.9 Å². The highest BCUT2D eigenvalue weighted by Gasteiger charge is 2.15. The van der Waals surface area contributed by atoms with Crippen molar-refractivity contribution >= 4 is 45.6 Å². The SMILES string of the molecule is C=C(NCCC(=O)O)c1ccc(Oc2cc(-c3cc(Cl)cc(Cl)c3)nn2-c2ccc3cc(OC)ccc3c2)cc1. The molecule has 5 rings (SSSR count). The van der Waals surface area contributed by atoms with E-state index in [1.165, 1.54) is 0 Å². The third-order valence-electron chi connectivity index (χ3n) is 6.21. The Kier molecular flexibility index (Phi) is 7.96. The van der Waals surface area contributed by atoms with E-state index in [-0.39, 0.29) is 6.42 Å². The molecule has 0 aliphatic heterocycles. The Hall–Kier alpha value is -4.46. The number of halogens is 2. The molecule has 0 aliphatic carbocycles. The van der Waals surface area contributed by atoms with E-state index < -0.39 is 5.97 Å². The van der Waals surface area contributed by atoms with Crippen LogP contribution in [0.15, 0.2) is 91.5 Å². The van der Waals surface area contributed by atoms with Gasteiger partial charge in [-0.1, -0.05) is 41.9 Å². The molecule has 0 saturated heterocycles. The van der Waals surface area contributed by atoms with Gasteiger partial charge in [-0.05, 0) is 83.1 Å². The zero-order valence-corrected chi connectivity index (χ0v) is 23.0. The zero-order valence-electron chi connectivity index (χ0n) is 21.5. The van der Waals surface area contributed by atoms with Crippen molar-refractivity contribution in [2.75, 3.05) is 13.7 Å². The van der Waals surface area contributed by atoms with Crippen LogP contribution >= 0.6 is 23.2 Å². The van der Waals surface area contributed by atoms with Crippen LogP contribution in [0.1, 0.15) is 12.0 Å². The van der Waals surface area contributed by atoms with E-state index in [9.17, 15) is 4.79 Å². The fourth-order valence-electron chi connectivity index (χ4n) is 4.20. The number of nitrogens with one attached hydrogen (secondary N) is 1. The molecule has 0 unspecified atom stereocenters. The molecule has 0 saturated carbocycles. The van der Waals surface area contributed by atoms with E-state index >= 15 is 0 Å². The Labute approximate surface area is 241 Å². The molecule has 0 bridgehead atoms. The number of nitrogens with zero attached hydrogens (tertiary/aromatic N) is 2. The summed E-state index contributed by atoms with van der Waals surface area (Å²) in [6.07, 6.45) is 0.00664. The lowest BCUT2D eigenvalue weighted by Gasteiger charge is -2.12. The maximum atomic E-state index is 10.8. The summed E-state index contributed by atoms with van der Waals surface area (Å²) in [5.74, 6) is 0.993. The largest absolute Gasteiger partial charge is 0.497 e. The molecular weight excluding hydrogens is 549 g/mol. The predicted molar refractivity (Wildman–Crippen MR) is 159 cm³/mol. The molecule has 0 aliphatic rings. The lowest BCUT2D eigenvalue weighted by Crippen LogP contribution is -2.16. The number of hydrogen-bond acceptors (Lipinski definition) is 5. The third kappa shape index (κ3) is 6.22. The Balaban J connectivity index is 1.48. The van der Waals surface area contributed by atoms with Gasteiger partial charge in [-0.25, -0.2) is 4.68 Å². The normalized spacial score (nSPS) is 10.9. The van der Waals surface area contributed by atoms with E-state index in [2.05, 4.69) is 11.9 Å². The van der Waals surface area contributed by atoms with Crippen molar-refractivity contribution in [1.82, 2.24) is 15.1 Å². The third-order valence-corrected chi connectivity index (χ3v) is 6.65. The van der Waals surface area contributed by atoms with Crippen LogP contribution in [0.4, 0.5) is 0 Å². The minimum atomic E-state index is -0.869. The first-order chi connectivity index (χ1) is 19.3. The number of carbonyl (C=O) groups is 1. The van der Waals surface area contributed by atoms with Gasteiger partial charge in [0.25, 0.3) is 0 Å². The summed E-state index contributed by atoms with van der Waals surface area (Å²) in [4.78, 5) is 10.8. The second-order valence-electron chi connectivity index (χ2n) is 9.01. The molecule has 9 heteroatoms. The number of methoxy groups -OCH3 is 1. The summed E-state index contributed by atoms with van der Waals surface area (Å²) < 4.78 is 13.4. The number of carboxylic acids is 1. The van der Waals surface area contributed by atoms with Crippen molar-refractivity contribution in [3.63, 3.8) is 0 Å². The van der Waals surface area contributed by atoms with Gasteiger partial charge in [0.05, 0.1) is 24.9 Å². The fraction of sp³-hybridized carbons (Fsp3) is 0.0968. The van der Waals surface area contributed by atoms with Gasteiger partial charge in [-0.2, -0.15) is 5.10 Å². The highest BCUT2D eigenvalue weighted by Crippen LogP contribution is 2.34.